The van der Waals surface area contributed by atoms with Crippen LogP contribution in [0, 0.1) is 0 Å². The lowest BCUT2D eigenvalue weighted by Gasteiger charge is -2.13. The zero-order valence-corrected chi connectivity index (χ0v) is 25.7. The predicted molar refractivity (Wildman–Crippen MR) is 195 cm³/mol. The van der Waals surface area contributed by atoms with E-state index in [1.807, 2.05) is 54.6 Å². The molecule has 0 atom stereocenters. The van der Waals surface area contributed by atoms with Gasteiger partial charge >= 0.3 is 0 Å². The average molecular weight is 615 g/mol. The van der Waals surface area contributed by atoms with Gasteiger partial charge in [0.05, 0.1) is 44.5 Å². The van der Waals surface area contributed by atoms with E-state index in [9.17, 15) is 0 Å². The molecule has 0 aliphatic carbocycles. The number of hydrogen-bond donors (Lipinski definition) is 0. The molecule has 0 radical (unpaired) electrons. The lowest BCUT2D eigenvalue weighted by Crippen LogP contribution is -1.97. The summed E-state index contributed by atoms with van der Waals surface area (Å²) in [5.41, 5.74) is 12.0. The smallest absolute Gasteiger partial charge is 0.228 e. The van der Waals surface area contributed by atoms with Crippen LogP contribution in [0.25, 0.3) is 94.4 Å². The van der Waals surface area contributed by atoms with Crippen molar-refractivity contribution in [2.24, 2.45) is 0 Å². The Kier molecular flexibility index (Phi) is 5.81. The summed E-state index contributed by atoms with van der Waals surface area (Å²) in [6.07, 6.45) is 0. The first-order chi connectivity index (χ1) is 23.8. The molecule has 0 bridgehead atoms. The van der Waals surface area contributed by atoms with E-state index in [4.69, 9.17) is 19.4 Å². The van der Waals surface area contributed by atoms with Crippen LogP contribution in [0.1, 0.15) is 0 Å². The van der Waals surface area contributed by atoms with Gasteiger partial charge in [0.2, 0.25) is 5.71 Å². The maximum atomic E-state index is 6.45. The van der Waals surface area contributed by atoms with E-state index in [-0.39, 0.29) is 0 Å². The van der Waals surface area contributed by atoms with Crippen LogP contribution in [0.3, 0.4) is 0 Å². The summed E-state index contributed by atoms with van der Waals surface area (Å²) in [4.78, 5) is 15.5. The summed E-state index contributed by atoms with van der Waals surface area (Å²) >= 11 is 0. The number of nitrogens with zero attached hydrogens (tertiary/aromatic N) is 4. The van der Waals surface area contributed by atoms with Crippen LogP contribution in [0.5, 0.6) is 0 Å². The van der Waals surface area contributed by atoms with Crippen LogP contribution in [0.4, 0.5) is 0 Å². The van der Waals surface area contributed by atoms with E-state index in [2.05, 4.69) is 108 Å². The minimum Gasteiger partial charge on any atom is -0.438 e. The van der Waals surface area contributed by atoms with E-state index in [1.54, 1.807) is 0 Å². The Labute approximate surface area is 275 Å². The largest absolute Gasteiger partial charge is 0.438 e. The van der Waals surface area contributed by atoms with E-state index in [0.717, 1.165) is 88.7 Å². The van der Waals surface area contributed by atoms with Gasteiger partial charge in [-0.15, -0.1) is 0 Å². The fourth-order valence-corrected chi connectivity index (χ4v) is 7.06. The molecule has 10 aromatic rings. The topological polar surface area (TPSA) is 56.7 Å². The number of hydrogen-bond acceptors (Lipinski definition) is 4. The third kappa shape index (κ3) is 4.01. The highest BCUT2D eigenvalue weighted by atomic mass is 16.3. The molecule has 0 saturated carbocycles. The molecule has 4 aromatic heterocycles. The summed E-state index contributed by atoms with van der Waals surface area (Å²) in [5, 5.41) is 4.39. The van der Waals surface area contributed by atoms with E-state index >= 15 is 0 Å². The van der Waals surface area contributed by atoms with Crippen molar-refractivity contribution in [2.75, 3.05) is 0 Å². The molecule has 5 nitrogen and oxygen atoms in total. The van der Waals surface area contributed by atoms with Crippen molar-refractivity contribution >= 4 is 54.9 Å². The van der Waals surface area contributed by atoms with Crippen LogP contribution < -0.4 is 0 Å². The molecule has 10 rings (SSSR count). The van der Waals surface area contributed by atoms with E-state index in [0.29, 0.717) is 5.71 Å². The molecular weight excluding hydrogens is 589 g/mol. The van der Waals surface area contributed by atoms with Crippen LogP contribution >= 0.6 is 0 Å². The van der Waals surface area contributed by atoms with Crippen molar-refractivity contribution in [3.8, 4) is 39.5 Å². The second-order valence-corrected chi connectivity index (χ2v) is 12.0. The van der Waals surface area contributed by atoms with Crippen molar-refractivity contribution < 1.29 is 4.42 Å². The van der Waals surface area contributed by atoms with Crippen molar-refractivity contribution in [1.82, 2.24) is 19.5 Å². The minimum atomic E-state index is 0.630. The van der Waals surface area contributed by atoms with Gasteiger partial charge in [-0.05, 0) is 36.4 Å². The van der Waals surface area contributed by atoms with Crippen LogP contribution in [0.2, 0.25) is 0 Å². The third-order valence-electron chi connectivity index (χ3n) is 9.20. The van der Waals surface area contributed by atoms with Crippen molar-refractivity contribution in [3.05, 3.63) is 158 Å². The SMILES string of the molecule is c1ccc(-c2nc3ccccc3nc2-c2ccc(-c3nc4oc5ccccc5c4c4c5ccccc5n(-c5ccccc5)c34)cc2)cc1. The van der Waals surface area contributed by atoms with Crippen LogP contribution in [-0.4, -0.2) is 19.5 Å². The van der Waals surface area contributed by atoms with Gasteiger partial charge in [0, 0.05) is 38.5 Å². The number of rotatable bonds is 4. The predicted octanol–water partition coefficient (Wildman–Crippen LogP) is 11.0. The Morgan fingerprint density at radius 3 is 1.67 bits per heavy atom. The molecule has 224 valence electrons. The second kappa shape index (κ2) is 10.5. The molecule has 6 aromatic carbocycles. The standard InChI is InChI=1S/C43H26N4O/c1-3-13-27(14-4-1)39-40(45-34-20-10-9-19-33(34)44-39)28-23-25-29(26-24-28)41-42-37(38-32-18-8-12-22-36(32)48-43(38)46-41)31-17-7-11-21-35(31)47(42)30-15-5-2-6-16-30/h1-26H. The summed E-state index contributed by atoms with van der Waals surface area (Å²) in [7, 11) is 0. The van der Waals surface area contributed by atoms with Gasteiger partial charge in [0.15, 0.2) is 0 Å². The highest BCUT2D eigenvalue weighted by Crippen LogP contribution is 2.44. The molecule has 48 heavy (non-hydrogen) atoms. The lowest BCUT2D eigenvalue weighted by atomic mass is 10.00. The fourth-order valence-electron chi connectivity index (χ4n) is 7.06. The van der Waals surface area contributed by atoms with Gasteiger partial charge in [0.25, 0.3) is 0 Å². The molecule has 0 aliphatic rings. The Morgan fingerprint density at radius 1 is 0.417 bits per heavy atom. The highest BCUT2D eigenvalue weighted by Gasteiger charge is 2.24. The van der Waals surface area contributed by atoms with Gasteiger partial charge in [-0.2, -0.15) is 0 Å². The van der Waals surface area contributed by atoms with Gasteiger partial charge in [-0.1, -0.05) is 121 Å². The minimum absolute atomic E-state index is 0.630. The molecular formula is C43H26N4O. The monoisotopic (exact) mass is 614 g/mol. The maximum Gasteiger partial charge on any atom is 0.228 e. The molecule has 0 spiro atoms. The molecule has 0 aliphatic heterocycles. The molecule has 0 amide bonds. The van der Waals surface area contributed by atoms with E-state index < -0.39 is 0 Å². The molecule has 0 unspecified atom stereocenters. The second-order valence-electron chi connectivity index (χ2n) is 12.0. The molecule has 5 heteroatoms. The summed E-state index contributed by atoms with van der Waals surface area (Å²) in [6, 6.07) is 54.2. The Hall–Kier alpha value is -6.59. The van der Waals surface area contributed by atoms with Crippen molar-refractivity contribution in [3.63, 3.8) is 0 Å². The summed E-state index contributed by atoms with van der Waals surface area (Å²) in [6.45, 7) is 0. The first-order valence-corrected chi connectivity index (χ1v) is 16.0. The first-order valence-electron chi connectivity index (χ1n) is 16.0. The lowest BCUT2D eigenvalue weighted by molar-refractivity contribution is 0.655. The molecule has 0 saturated heterocycles. The van der Waals surface area contributed by atoms with Gasteiger partial charge < -0.3 is 8.98 Å². The number of pyridine rings is 1. The third-order valence-corrected chi connectivity index (χ3v) is 9.20. The highest BCUT2D eigenvalue weighted by molar-refractivity contribution is 6.28. The zero-order chi connectivity index (χ0) is 31.6. The number of para-hydroxylation sites is 5. The van der Waals surface area contributed by atoms with Gasteiger partial charge in [0.1, 0.15) is 5.58 Å². The fraction of sp³-hybridized carbons (Fsp3) is 0. The molecule has 4 heterocycles. The normalized spacial score (nSPS) is 11.8. The van der Waals surface area contributed by atoms with Crippen LogP contribution in [-0.2, 0) is 0 Å². The number of aromatic nitrogens is 4. The molecule has 0 N–H and O–H groups in total. The molecule has 0 fully saturated rings. The zero-order valence-electron chi connectivity index (χ0n) is 25.7. The Bertz CT molecular complexity index is 2820. The first kappa shape index (κ1) is 26.6. The maximum absolute atomic E-state index is 6.45. The number of fused-ring (bicyclic) bond motifs is 8. The Balaban J connectivity index is 1.25. The number of furan rings is 1. The van der Waals surface area contributed by atoms with Gasteiger partial charge in [-0.3, -0.25) is 0 Å². The quantitative estimate of drug-likeness (QED) is 0.198. The number of benzene rings is 6. The summed E-state index contributed by atoms with van der Waals surface area (Å²) in [5.74, 6) is 0. The van der Waals surface area contributed by atoms with E-state index in [1.165, 1.54) is 0 Å². The average Bonchev–Trinajstić information content (AvgIpc) is 3.70. The van der Waals surface area contributed by atoms with Crippen molar-refractivity contribution in [2.45, 2.75) is 0 Å². The van der Waals surface area contributed by atoms with Crippen LogP contribution in [0.15, 0.2) is 162 Å². The van der Waals surface area contributed by atoms with Crippen molar-refractivity contribution in [1.29, 1.82) is 0 Å². The Morgan fingerprint density at radius 2 is 0.958 bits per heavy atom. The summed E-state index contributed by atoms with van der Waals surface area (Å²) < 4.78 is 8.78. The van der Waals surface area contributed by atoms with Gasteiger partial charge in [-0.25, -0.2) is 15.0 Å².